The first-order valence-electron chi connectivity index (χ1n) is 12.6. The van der Waals surface area contributed by atoms with Crippen molar-refractivity contribution in [3.8, 4) is 11.1 Å². The Hall–Kier alpha value is -4.05. The smallest absolute Gasteiger partial charge is 0.339 e. The molecule has 0 saturated heterocycles. The molecule has 2 aromatic carbocycles. The monoisotopic (exact) mass is 550 g/mol. The van der Waals surface area contributed by atoms with E-state index >= 15 is 0 Å². The van der Waals surface area contributed by atoms with Gasteiger partial charge in [0.15, 0.2) is 0 Å². The van der Waals surface area contributed by atoms with Gasteiger partial charge in [-0.05, 0) is 49.0 Å². The summed E-state index contributed by atoms with van der Waals surface area (Å²) in [7, 11) is 0. The third-order valence-corrected chi connectivity index (χ3v) is 7.21. The predicted octanol–water partition coefficient (Wildman–Crippen LogP) is 4.28. The van der Waals surface area contributed by atoms with E-state index in [9.17, 15) is 19.2 Å². The molecule has 2 amide bonds. The van der Waals surface area contributed by atoms with Gasteiger partial charge < -0.3 is 24.6 Å². The lowest BCUT2D eigenvalue weighted by atomic mass is 9.99. The summed E-state index contributed by atoms with van der Waals surface area (Å²) < 4.78 is 11.3. The zero-order valence-corrected chi connectivity index (χ0v) is 22.6. The summed E-state index contributed by atoms with van der Waals surface area (Å²) in [5.74, 6) is -1.20. The number of hydrogen-bond donors (Lipinski definition) is 3. The van der Waals surface area contributed by atoms with Gasteiger partial charge in [-0.3, -0.25) is 14.4 Å². The first-order chi connectivity index (χ1) is 18.8. The van der Waals surface area contributed by atoms with Gasteiger partial charge >= 0.3 is 11.6 Å². The minimum atomic E-state index is -1.02. The van der Waals surface area contributed by atoms with E-state index in [1.165, 1.54) is 11.8 Å². The van der Waals surface area contributed by atoms with E-state index in [0.717, 1.165) is 27.5 Å². The first-order valence-corrected chi connectivity index (χ1v) is 14.0. The molecule has 0 bridgehead atoms. The van der Waals surface area contributed by atoms with Gasteiger partial charge in [0.25, 0.3) is 0 Å². The van der Waals surface area contributed by atoms with Crippen molar-refractivity contribution in [1.82, 2.24) is 10.6 Å². The van der Waals surface area contributed by atoms with Crippen molar-refractivity contribution in [2.45, 2.75) is 38.6 Å². The normalized spacial score (nSPS) is 11.9. The van der Waals surface area contributed by atoms with Gasteiger partial charge in [0.2, 0.25) is 11.8 Å². The van der Waals surface area contributed by atoms with Gasteiger partial charge in [0.1, 0.15) is 17.2 Å². The SMILES string of the molecule is CSCC[C@H](NC(=O)CCc1c(C)c2cc3c(-c4ccccc4)coc3cc2oc1=O)C(=O)NCCC(=O)O. The molecule has 0 unspecified atom stereocenters. The average Bonchev–Trinajstić information content (AvgIpc) is 3.33. The van der Waals surface area contributed by atoms with Crippen LogP contribution in [0, 0.1) is 6.92 Å². The molecule has 1 atom stereocenters. The predicted molar refractivity (Wildman–Crippen MR) is 151 cm³/mol. The van der Waals surface area contributed by atoms with Crippen LogP contribution in [-0.4, -0.2) is 47.5 Å². The first kappa shape index (κ1) is 28.0. The second-order valence-electron chi connectivity index (χ2n) is 9.19. The molecule has 2 heterocycles. The molecule has 0 aliphatic heterocycles. The molecule has 0 spiro atoms. The fraction of sp³-hybridized carbons (Fsp3) is 0.310. The van der Waals surface area contributed by atoms with Gasteiger partial charge in [-0.2, -0.15) is 11.8 Å². The van der Waals surface area contributed by atoms with Crippen molar-refractivity contribution in [2.75, 3.05) is 18.6 Å². The number of carbonyl (C=O) groups is 3. The molecule has 10 heteroatoms. The summed E-state index contributed by atoms with van der Waals surface area (Å²) in [6.07, 6.45) is 3.89. The minimum absolute atomic E-state index is 0.0154. The number of fused-ring (bicyclic) bond motifs is 2. The number of hydrogen-bond acceptors (Lipinski definition) is 7. The molecule has 0 aliphatic rings. The highest BCUT2D eigenvalue weighted by atomic mass is 32.2. The molecule has 3 N–H and O–H groups in total. The Morgan fingerprint density at radius 2 is 1.82 bits per heavy atom. The van der Waals surface area contributed by atoms with Crippen molar-refractivity contribution in [1.29, 1.82) is 0 Å². The molecule has 39 heavy (non-hydrogen) atoms. The van der Waals surface area contributed by atoms with Crippen LogP contribution in [0.25, 0.3) is 33.1 Å². The number of rotatable bonds is 12. The van der Waals surface area contributed by atoms with Crippen LogP contribution >= 0.6 is 11.8 Å². The van der Waals surface area contributed by atoms with Crippen molar-refractivity contribution < 1.29 is 28.3 Å². The van der Waals surface area contributed by atoms with Gasteiger partial charge in [-0.25, -0.2) is 4.79 Å². The van der Waals surface area contributed by atoms with Crippen molar-refractivity contribution in [3.05, 3.63) is 70.3 Å². The fourth-order valence-corrected chi connectivity index (χ4v) is 4.94. The molecule has 9 nitrogen and oxygen atoms in total. The Bertz CT molecular complexity index is 1560. The molecule has 0 radical (unpaired) electrons. The van der Waals surface area contributed by atoms with Crippen LogP contribution in [0.5, 0.6) is 0 Å². The summed E-state index contributed by atoms with van der Waals surface area (Å²) in [5, 5.41) is 15.7. The van der Waals surface area contributed by atoms with Crippen LogP contribution in [-0.2, 0) is 20.8 Å². The largest absolute Gasteiger partial charge is 0.481 e. The van der Waals surface area contributed by atoms with Crippen LogP contribution in [0.15, 0.2) is 62.4 Å². The van der Waals surface area contributed by atoms with E-state index in [-0.39, 0.29) is 31.7 Å². The number of aryl methyl sites for hydroxylation is 1. The highest BCUT2D eigenvalue weighted by Gasteiger charge is 2.22. The lowest BCUT2D eigenvalue weighted by Crippen LogP contribution is -2.47. The molecule has 4 aromatic rings. The average molecular weight is 551 g/mol. The van der Waals surface area contributed by atoms with Gasteiger partial charge in [-0.1, -0.05) is 30.3 Å². The van der Waals surface area contributed by atoms with Gasteiger partial charge in [0.05, 0.1) is 12.7 Å². The molecule has 4 rings (SSSR count). The lowest BCUT2D eigenvalue weighted by molar-refractivity contribution is -0.137. The summed E-state index contributed by atoms with van der Waals surface area (Å²) in [6, 6.07) is 12.7. The van der Waals surface area contributed by atoms with Crippen LogP contribution < -0.4 is 16.3 Å². The second-order valence-corrected chi connectivity index (χ2v) is 10.2. The molecule has 0 fully saturated rings. The zero-order valence-electron chi connectivity index (χ0n) is 21.7. The minimum Gasteiger partial charge on any atom is -0.481 e. The summed E-state index contributed by atoms with van der Waals surface area (Å²) in [4.78, 5) is 48.8. The third kappa shape index (κ3) is 6.69. The Morgan fingerprint density at radius 1 is 1.05 bits per heavy atom. The van der Waals surface area contributed by atoms with E-state index in [1.54, 1.807) is 12.3 Å². The molecular weight excluding hydrogens is 520 g/mol. The number of furan rings is 1. The standard InChI is InChI=1S/C29H30N2O7S/c1-17-19(8-9-26(32)31-23(11-13-39-2)28(35)30-12-10-27(33)34)29(36)38-25-15-24-21(14-20(17)25)22(16-37-24)18-6-4-3-5-7-18/h3-7,14-16,23H,8-13H2,1-2H3,(H,30,35)(H,31,32)(H,33,34)/t23-/m0/s1. The summed E-state index contributed by atoms with van der Waals surface area (Å²) in [6.45, 7) is 1.81. The number of carbonyl (C=O) groups excluding carboxylic acids is 2. The number of aliphatic carboxylic acids is 1. The van der Waals surface area contributed by atoms with E-state index in [4.69, 9.17) is 13.9 Å². The number of carboxylic acids is 1. The molecule has 0 aliphatic carbocycles. The Morgan fingerprint density at radius 3 is 2.54 bits per heavy atom. The molecule has 2 aromatic heterocycles. The maximum absolute atomic E-state index is 12.8. The van der Waals surface area contributed by atoms with Crippen molar-refractivity contribution in [2.24, 2.45) is 0 Å². The van der Waals surface area contributed by atoms with Crippen LogP contribution in [0.4, 0.5) is 0 Å². The fourth-order valence-electron chi connectivity index (χ4n) is 4.47. The topological polar surface area (TPSA) is 139 Å². The van der Waals surface area contributed by atoms with Crippen LogP contribution in [0.2, 0.25) is 0 Å². The van der Waals surface area contributed by atoms with Crippen LogP contribution in [0.3, 0.4) is 0 Å². The summed E-state index contributed by atoms with van der Waals surface area (Å²) >= 11 is 1.53. The number of benzene rings is 2. The number of amides is 2. The van der Waals surface area contributed by atoms with E-state index < -0.39 is 23.5 Å². The van der Waals surface area contributed by atoms with E-state index in [1.807, 2.05) is 49.6 Å². The Kier molecular flexibility index (Phi) is 9.08. The second kappa shape index (κ2) is 12.7. The highest BCUT2D eigenvalue weighted by molar-refractivity contribution is 7.98. The number of thioether (sulfide) groups is 1. The van der Waals surface area contributed by atoms with Crippen LogP contribution in [0.1, 0.15) is 30.4 Å². The van der Waals surface area contributed by atoms with Crippen molar-refractivity contribution in [3.63, 3.8) is 0 Å². The van der Waals surface area contributed by atoms with Gasteiger partial charge in [0, 0.05) is 40.9 Å². The van der Waals surface area contributed by atoms with E-state index in [2.05, 4.69) is 10.6 Å². The third-order valence-electron chi connectivity index (χ3n) is 6.57. The zero-order chi connectivity index (χ0) is 27.9. The summed E-state index contributed by atoms with van der Waals surface area (Å²) in [5.41, 5.74) is 3.54. The van der Waals surface area contributed by atoms with E-state index in [0.29, 0.717) is 28.9 Å². The molecular formula is C29H30N2O7S. The molecule has 0 saturated carbocycles. The maximum atomic E-state index is 12.8. The number of carboxylic acid groups (broad SMARTS) is 1. The quantitative estimate of drug-likeness (QED) is 0.222. The van der Waals surface area contributed by atoms with Crippen molar-refractivity contribution >= 4 is 51.5 Å². The highest BCUT2D eigenvalue weighted by Crippen LogP contribution is 2.34. The number of nitrogens with one attached hydrogen (secondary N) is 2. The maximum Gasteiger partial charge on any atom is 0.339 e. The molecule has 204 valence electrons. The Balaban J connectivity index is 1.52. The lowest BCUT2D eigenvalue weighted by Gasteiger charge is -2.18. The Labute approximate surface area is 228 Å². The van der Waals surface area contributed by atoms with Gasteiger partial charge in [-0.15, -0.1) is 0 Å².